The van der Waals surface area contributed by atoms with E-state index in [1.54, 1.807) is 0 Å². The van der Waals surface area contributed by atoms with Gasteiger partial charge in [-0.25, -0.2) is 0 Å². The lowest BCUT2D eigenvalue weighted by Crippen LogP contribution is -2.18. The van der Waals surface area contributed by atoms with Crippen molar-refractivity contribution in [2.75, 3.05) is 0 Å². The Morgan fingerprint density at radius 3 is 2.00 bits per heavy atom. The van der Waals surface area contributed by atoms with Crippen LogP contribution in [0.1, 0.15) is 40.0 Å². The Morgan fingerprint density at radius 1 is 0.889 bits per heavy atom. The van der Waals surface area contributed by atoms with Crippen LogP contribution in [0.25, 0.3) is 0 Å². The van der Waals surface area contributed by atoms with Crippen LogP contribution < -0.4 is 0 Å². The number of hydrogen-bond acceptors (Lipinski definition) is 0. The maximum absolute atomic E-state index is 2.39. The highest BCUT2D eigenvalue weighted by atomic mass is 14.3. The van der Waals surface area contributed by atoms with E-state index in [2.05, 4.69) is 20.8 Å². The molecule has 9 heavy (non-hydrogen) atoms. The van der Waals surface area contributed by atoms with Crippen LogP contribution in [0.15, 0.2) is 0 Å². The Bertz CT molecular complexity index is 86.0. The maximum Gasteiger partial charge on any atom is -0.0414 e. The first-order valence-corrected chi connectivity index (χ1v) is 4.20. The molecule has 1 aliphatic rings. The molecule has 0 unspecified atom stereocenters. The standard InChI is InChI=1S/C9H18/c1-7-4-5-8(2)9(3)6-7/h7-9H,4-6H2,1-3H3/t7-,8-,9+/m1/s1. The summed E-state index contributed by atoms with van der Waals surface area (Å²) in [5, 5.41) is 0. The summed E-state index contributed by atoms with van der Waals surface area (Å²) in [6, 6.07) is 0. The molecule has 54 valence electrons. The van der Waals surface area contributed by atoms with E-state index in [4.69, 9.17) is 0 Å². The third-order valence-electron chi connectivity index (χ3n) is 2.86. The summed E-state index contributed by atoms with van der Waals surface area (Å²) in [5.74, 6) is 2.96. The Balaban J connectivity index is 2.35. The fraction of sp³-hybridized carbons (Fsp3) is 1.00. The Hall–Kier alpha value is 0. The predicted octanol–water partition coefficient (Wildman–Crippen LogP) is 3.08. The monoisotopic (exact) mass is 126 g/mol. The molecule has 0 amide bonds. The second-order valence-corrected chi connectivity index (χ2v) is 3.87. The maximum atomic E-state index is 2.39. The Morgan fingerprint density at radius 2 is 1.56 bits per heavy atom. The normalized spacial score (nSPS) is 45.0. The largest absolute Gasteiger partial charge is 0.0625 e. The van der Waals surface area contributed by atoms with Crippen molar-refractivity contribution in [2.24, 2.45) is 17.8 Å². The van der Waals surface area contributed by atoms with E-state index < -0.39 is 0 Å². The predicted molar refractivity (Wildman–Crippen MR) is 41.3 cm³/mol. The van der Waals surface area contributed by atoms with Crippen molar-refractivity contribution in [3.05, 3.63) is 0 Å². The molecule has 0 aromatic rings. The fourth-order valence-electron chi connectivity index (χ4n) is 1.82. The highest BCUT2D eigenvalue weighted by Gasteiger charge is 2.20. The van der Waals surface area contributed by atoms with Crippen LogP contribution >= 0.6 is 0 Å². The summed E-state index contributed by atoms with van der Waals surface area (Å²) < 4.78 is 0. The van der Waals surface area contributed by atoms with E-state index in [-0.39, 0.29) is 0 Å². The van der Waals surface area contributed by atoms with Crippen LogP contribution in [-0.4, -0.2) is 0 Å². The van der Waals surface area contributed by atoms with Gasteiger partial charge in [0.1, 0.15) is 0 Å². The van der Waals surface area contributed by atoms with Crippen LogP contribution in [0.3, 0.4) is 0 Å². The van der Waals surface area contributed by atoms with E-state index in [9.17, 15) is 0 Å². The third-order valence-corrected chi connectivity index (χ3v) is 2.86. The van der Waals surface area contributed by atoms with E-state index in [1.165, 1.54) is 19.3 Å². The second-order valence-electron chi connectivity index (χ2n) is 3.87. The smallest absolute Gasteiger partial charge is 0.0414 e. The van der Waals surface area contributed by atoms with Gasteiger partial charge in [0.2, 0.25) is 0 Å². The van der Waals surface area contributed by atoms with Crippen molar-refractivity contribution >= 4 is 0 Å². The van der Waals surface area contributed by atoms with E-state index in [1.807, 2.05) is 0 Å². The molecule has 1 aliphatic carbocycles. The minimum Gasteiger partial charge on any atom is -0.0625 e. The van der Waals surface area contributed by atoms with E-state index in [0.29, 0.717) is 0 Å². The first-order chi connectivity index (χ1) is 4.20. The molecule has 0 radical (unpaired) electrons. The zero-order valence-corrected chi connectivity index (χ0v) is 6.85. The van der Waals surface area contributed by atoms with Crippen LogP contribution in [-0.2, 0) is 0 Å². The molecule has 0 aromatic carbocycles. The number of rotatable bonds is 0. The van der Waals surface area contributed by atoms with Crippen molar-refractivity contribution in [1.29, 1.82) is 0 Å². The molecule has 0 nitrogen and oxygen atoms in total. The molecule has 1 rings (SSSR count). The SMILES string of the molecule is C[C@@H]1CC[C@@H](C)[C@@H](C)C1. The molecular weight excluding hydrogens is 108 g/mol. The zero-order chi connectivity index (χ0) is 6.85. The quantitative estimate of drug-likeness (QED) is 0.468. The highest BCUT2D eigenvalue weighted by molar-refractivity contribution is 4.72. The molecule has 0 spiro atoms. The lowest BCUT2D eigenvalue weighted by atomic mass is 9.77. The van der Waals surface area contributed by atoms with Gasteiger partial charge in [-0.3, -0.25) is 0 Å². The third kappa shape index (κ3) is 1.70. The average Bonchev–Trinajstić information content (AvgIpc) is 1.80. The van der Waals surface area contributed by atoms with Gasteiger partial charge in [-0.1, -0.05) is 33.6 Å². The number of hydrogen-bond donors (Lipinski definition) is 0. The molecule has 0 aromatic heterocycles. The summed E-state index contributed by atoms with van der Waals surface area (Å²) in [4.78, 5) is 0. The van der Waals surface area contributed by atoms with Crippen molar-refractivity contribution in [3.8, 4) is 0 Å². The molecule has 0 bridgehead atoms. The van der Waals surface area contributed by atoms with Crippen molar-refractivity contribution in [3.63, 3.8) is 0 Å². The average molecular weight is 126 g/mol. The Labute approximate surface area is 58.7 Å². The van der Waals surface area contributed by atoms with Gasteiger partial charge < -0.3 is 0 Å². The lowest BCUT2D eigenvalue weighted by molar-refractivity contribution is 0.220. The second kappa shape index (κ2) is 2.72. The van der Waals surface area contributed by atoms with E-state index >= 15 is 0 Å². The molecule has 0 aliphatic heterocycles. The fourth-order valence-corrected chi connectivity index (χ4v) is 1.82. The molecule has 1 fully saturated rings. The van der Waals surface area contributed by atoms with Crippen LogP contribution in [0, 0.1) is 17.8 Å². The minimum atomic E-state index is 0.980. The van der Waals surface area contributed by atoms with Gasteiger partial charge in [0.25, 0.3) is 0 Å². The van der Waals surface area contributed by atoms with Gasteiger partial charge in [0.05, 0.1) is 0 Å². The topological polar surface area (TPSA) is 0 Å². The van der Waals surface area contributed by atoms with Gasteiger partial charge in [0.15, 0.2) is 0 Å². The Kier molecular flexibility index (Phi) is 2.15. The van der Waals surface area contributed by atoms with Crippen LogP contribution in [0.5, 0.6) is 0 Å². The summed E-state index contributed by atoms with van der Waals surface area (Å²) in [7, 11) is 0. The molecule has 1 saturated carbocycles. The summed E-state index contributed by atoms with van der Waals surface area (Å²) >= 11 is 0. The van der Waals surface area contributed by atoms with Gasteiger partial charge in [0, 0.05) is 0 Å². The summed E-state index contributed by atoms with van der Waals surface area (Å²) in [6.07, 6.45) is 4.38. The van der Waals surface area contributed by atoms with Gasteiger partial charge in [-0.15, -0.1) is 0 Å². The van der Waals surface area contributed by atoms with Crippen LogP contribution in [0.2, 0.25) is 0 Å². The first-order valence-electron chi connectivity index (χ1n) is 4.20. The molecule has 0 heteroatoms. The minimum absolute atomic E-state index is 0.980. The van der Waals surface area contributed by atoms with Gasteiger partial charge in [-0.2, -0.15) is 0 Å². The first kappa shape index (κ1) is 7.11. The zero-order valence-electron chi connectivity index (χ0n) is 6.85. The van der Waals surface area contributed by atoms with Gasteiger partial charge >= 0.3 is 0 Å². The van der Waals surface area contributed by atoms with Crippen LogP contribution in [0.4, 0.5) is 0 Å². The molecule has 0 N–H and O–H groups in total. The van der Waals surface area contributed by atoms with Gasteiger partial charge in [-0.05, 0) is 24.2 Å². The van der Waals surface area contributed by atoms with Crippen molar-refractivity contribution in [1.82, 2.24) is 0 Å². The molecule has 0 heterocycles. The van der Waals surface area contributed by atoms with E-state index in [0.717, 1.165) is 17.8 Å². The van der Waals surface area contributed by atoms with Crippen molar-refractivity contribution < 1.29 is 0 Å². The highest BCUT2D eigenvalue weighted by Crippen LogP contribution is 2.32. The summed E-state index contributed by atoms with van der Waals surface area (Å²) in [6.45, 7) is 7.15. The molecule has 3 atom stereocenters. The summed E-state index contributed by atoms with van der Waals surface area (Å²) in [5.41, 5.74) is 0. The molecular formula is C9H18. The molecule has 0 saturated heterocycles. The van der Waals surface area contributed by atoms with Crippen molar-refractivity contribution in [2.45, 2.75) is 40.0 Å². The lowest BCUT2D eigenvalue weighted by Gasteiger charge is -2.29.